The molecule has 216 valence electrons. The number of halogens is 3. The molecule has 0 spiro atoms. The molecular weight excluding hydrogens is 568 g/mol. The standard InChI is InChI=1S/C31H26ClF2N3O5/c1-40-11-10-37-27-14-20(31(38)39)8-9-26(27)35-29(37)15-18-6-7-19(12-23(18)33)25-4-3-5-30(36-25)42-17-21-13-24(34)22(32)16-28(21)41-2/h3-9,12-14,16H,10-11,15,17H2,1-2H3,(H,38,39). The van der Waals surface area contributed by atoms with E-state index in [9.17, 15) is 14.3 Å². The molecule has 0 fully saturated rings. The summed E-state index contributed by atoms with van der Waals surface area (Å²) < 4.78 is 47.5. The van der Waals surface area contributed by atoms with Crippen LogP contribution in [-0.4, -0.2) is 46.4 Å². The van der Waals surface area contributed by atoms with Gasteiger partial charge in [0.1, 0.15) is 29.8 Å². The molecule has 8 nitrogen and oxygen atoms in total. The van der Waals surface area contributed by atoms with Gasteiger partial charge in [-0.1, -0.05) is 29.8 Å². The van der Waals surface area contributed by atoms with E-state index in [1.807, 2.05) is 4.57 Å². The lowest BCUT2D eigenvalue weighted by atomic mass is 10.1. The maximum absolute atomic E-state index is 15.4. The highest BCUT2D eigenvalue weighted by atomic mass is 35.5. The number of hydrogen-bond acceptors (Lipinski definition) is 6. The molecule has 0 saturated carbocycles. The number of methoxy groups -OCH3 is 2. The number of aromatic nitrogens is 3. The van der Waals surface area contributed by atoms with Crippen molar-refractivity contribution < 1.29 is 32.9 Å². The maximum atomic E-state index is 15.4. The summed E-state index contributed by atoms with van der Waals surface area (Å²) in [6, 6.07) is 17.2. The van der Waals surface area contributed by atoms with Crippen molar-refractivity contribution in [1.29, 1.82) is 0 Å². The number of ether oxygens (including phenoxy) is 3. The molecule has 0 bridgehead atoms. The van der Waals surface area contributed by atoms with E-state index < -0.39 is 17.6 Å². The van der Waals surface area contributed by atoms with E-state index in [2.05, 4.69) is 9.97 Å². The monoisotopic (exact) mass is 593 g/mol. The van der Waals surface area contributed by atoms with Gasteiger partial charge in [-0.2, -0.15) is 0 Å². The molecule has 0 amide bonds. The fraction of sp³-hybridized carbons (Fsp3) is 0.194. The van der Waals surface area contributed by atoms with Crippen LogP contribution >= 0.6 is 11.6 Å². The van der Waals surface area contributed by atoms with Gasteiger partial charge in [0.05, 0.1) is 41.0 Å². The topological polar surface area (TPSA) is 95.7 Å². The summed E-state index contributed by atoms with van der Waals surface area (Å²) >= 11 is 5.83. The van der Waals surface area contributed by atoms with Crippen LogP contribution in [-0.2, 0) is 24.3 Å². The van der Waals surface area contributed by atoms with Crippen LogP contribution in [0.25, 0.3) is 22.3 Å². The molecule has 0 aliphatic carbocycles. The Balaban J connectivity index is 1.37. The lowest BCUT2D eigenvalue weighted by molar-refractivity contribution is 0.0697. The van der Waals surface area contributed by atoms with Crippen molar-refractivity contribution in [2.75, 3.05) is 20.8 Å². The third-order valence-corrected chi connectivity index (χ3v) is 7.00. The van der Waals surface area contributed by atoms with Crippen molar-refractivity contribution in [3.8, 4) is 22.9 Å². The van der Waals surface area contributed by atoms with Crippen molar-refractivity contribution in [1.82, 2.24) is 14.5 Å². The van der Waals surface area contributed by atoms with Gasteiger partial charge in [0.15, 0.2) is 0 Å². The zero-order valence-corrected chi connectivity index (χ0v) is 23.5. The summed E-state index contributed by atoms with van der Waals surface area (Å²) in [5.74, 6) is -0.846. The number of aromatic carboxylic acids is 1. The normalized spacial score (nSPS) is 11.2. The third-order valence-electron chi connectivity index (χ3n) is 6.71. The maximum Gasteiger partial charge on any atom is 0.335 e. The Labute approximate surface area is 245 Å². The smallest absolute Gasteiger partial charge is 0.335 e. The SMILES string of the molecule is COCCn1c(Cc2ccc(-c3cccc(OCc4cc(F)c(Cl)cc4OC)n3)cc2F)nc2ccc(C(=O)O)cc21. The largest absolute Gasteiger partial charge is 0.496 e. The van der Waals surface area contributed by atoms with E-state index in [0.29, 0.717) is 58.1 Å². The molecule has 0 aliphatic heterocycles. The van der Waals surface area contributed by atoms with E-state index in [4.69, 9.17) is 25.8 Å². The van der Waals surface area contributed by atoms with Gasteiger partial charge in [-0.05, 0) is 42.0 Å². The van der Waals surface area contributed by atoms with Crippen molar-refractivity contribution in [3.63, 3.8) is 0 Å². The van der Waals surface area contributed by atoms with Crippen LogP contribution in [0.2, 0.25) is 5.02 Å². The minimum absolute atomic E-state index is 0.0148. The highest BCUT2D eigenvalue weighted by Gasteiger charge is 2.17. The number of carbonyl (C=O) groups is 1. The first-order chi connectivity index (χ1) is 20.3. The zero-order chi connectivity index (χ0) is 29.8. The van der Waals surface area contributed by atoms with Crippen molar-refractivity contribution in [2.45, 2.75) is 19.6 Å². The Morgan fingerprint density at radius 3 is 2.55 bits per heavy atom. The van der Waals surface area contributed by atoms with E-state index in [1.165, 1.54) is 31.4 Å². The molecule has 5 aromatic rings. The molecule has 11 heteroatoms. The lowest BCUT2D eigenvalue weighted by Gasteiger charge is -2.12. The number of carboxylic acids is 1. The second kappa shape index (κ2) is 12.5. The van der Waals surface area contributed by atoms with Crippen LogP contribution in [0.3, 0.4) is 0 Å². The third kappa shape index (κ3) is 6.19. The van der Waals surface area contributed by atoms with Crippen LogP contribution in [0.15, 0.2) is 66.7 Å². The average molecular weight is 594 g/mol. The minimum Gasteiger partial charge on any atom is -0.496 e. The van der Waals surface area contributed by atoms with Gasteiger partial charge in [-0.3, -0.25) is 0 Å². The first kappa shape index (κ1) is 29.0. The summed E-state index contributed by atoms with van der Waals surface area (Å²) in [4.78, 5) is 20.6. The summed E-state index contributed by atoms with van der Waals surface area (Å²) in [6.45, 7) is 0.788. The number of pyridine rings is 1. The van der Waals surface area contributed by atoms with Crippen molar-refractivity contribution in [3.05, 3.63) is 106 Å². The minimum atomic E-state index is -1.04. The van der Waals surface area contributed by atoms with Crippen LogP contribution in [0, 0.1) is 11.6 Å². The van der Waals surface area contributed by atoms with Gasteiger partial charge in [-0.25, -0.2) is 23.5 Å². The molecule has 5 rings (SSSR count). The van der Waals surface area contributed by atoms with Crippen LogP contribution in [0.4, 0.5) is 8.78 Å². The zero-order valence-electron chi connectivity index (χ0n) is 22.7. The number of rotatable bonds is 11. The van der Waals surface area contributed by atoms with Crippen molar-refractivity contribution in [2.24, 2.45) is 0 Å². The molecule has 2 aromatic heterocycles. The fourth-order valence-corrected chi connectivity index (χ4v) is 4.73. The summed E-state index contributed by atoms with van der Waals surface area (Å²) in [6.07, 6.45) is 0.184. The van der Waals surface area contributed by atoms with E-state index in [1.54, 1.807) is 49.6 Å². The van der Waals surface area contributed by atoms with E-state index >= 15 is 4.39 Å². The van der Waals surface area contributed by atoms with Gasteiger partial charge in [0.25, 0.3) is 0 Å². The first-order valence-electron chi connectivity index (χ1n) is 12.9. The molecule has 0 radical (unpaired) electrons. The molecule has 0 unspecified atom stereocenters. The number of nitrogens with zero attached hydrogens (tertiary/aromatic N) is 3. The quantitative estimate of drug-likeness (QED) is 0.185. The number of imidazole rings is 1. The van der Waals surface area contributed by atoms with Crippen LogP contribution in [0.1, 0.15) is 27.3 Å². The lowest BCUT2D eigenvalue weighted by Crippen LogP contribution is -2.10. The van der Waals surface area contributed by atoms with Crippen LogP contribution < -0.4 is 9.47 Å². The molecule has 3 aromatic carbocycles. The van der Waals surface area contributed by atoms with Gasteiger partial charge in [0, 0.05) is 43.3 Å². The number of benzene rings is 3. The Morgan fingerprint density at radius 1 is 0.976 bits per heavy atom. The predicted molar refractivity (Wildman–Crippen MR) is 153 cm³/mol. The Hall–Kier alpha value is -4.54. The molecule has 0 aliphatic rings. The van der Waals surface area contributed by atoms with Gasteiger partial charge < -0.3 is 23.9 Å². The molecule has 0 saturated heterocycles. The van der Waals surface area contributed by atoms with Crippen molar-refractivity contribution >= 4 is 28.6 Å². The summed E-state index contributed by atoms with van der Waals surface area (Å²) in [5, 5.41) is 9.35. The number of hydrogen-bond donors (Lipinski definition) is 1. The van der Waals surface area contributed by atoms with Crippen LogP contribution in [0.5, 0.6) is 11.6 Å². The Morgan fingerprint density at radius 2 is 1.81 bits per heavy atom. The Kier molecular flexibility index (Phi) is 8.65. The van der Waals surface area contributed by atoms with E-state index in [0.717, 1.165) is 0 Å². The molecule has 0 atom stereocenters. The highest BCUT2D eigenvalue weighted by molar-refractivity contribution is 6.30. The molecular formula is C31H26ClF2N3O5. The second-order valence-corrected chi connectivity index (χ2v) is 9.80. The van der Waals surface area contributed by atoms with Gasteiger partial charge in [0.2, 0.25) is 5.88 Å². The highest BCUT2D eigenvalue weighted by Crippen LogP contribution is 2.29. The molecule has 1 N–H and O–H groups in total. The second-order valence-electron chi connectivity index (χ2n) is 9.39. The summed E-state index contributed by atoms with van der Waals surface area (Å²) in [5.41, 5.74) is 3.29. The number of carboxylic acid groups (broad SMARTS) is 1. The fourth-order valence-electron chi connectivity index (χ4n) is 4.57. The average Bonchev–Trinajstić information content (AvgIpc) is 3.33. The van der Waals surface area contributed by atoms with Gasteiger partial charge >= 0.3 is 5.97 Å². The van der Waals surface area contributed by atoms with E-state index in [-0.39, 0.29) is 29.5 Å². The molecule has 42 heavy (non-hydrogen) atoms. The predicted octanol–water partition coefficient (Wildman–Crippen LogP) is 6.55. The first-order valence-corrected chi connectivity index (χ1v) is 13.3. The molecule has 2 heterocycles. The van der Waals surface area contributed by atoms with Gasteiger partial charge in [-0.15, -0.1) is 0 Å². The number of fused-ring (bicyclic) bond motifs is 1. The Bertz CT molecular complexity index is 1780. The summed E-state index contributed by atoms with van der Waals surface area (Å²) in [7, 11) is 3.02.